The first-order valence-electron chi connectivity index (χ1n) is 7.69. The van der Waals surface area contributed by atoms with Gasteiger partial charge in [0, 0.05) is 10.7 Å². The first-order valence-corrected chi connectivity index (χ1v) is 9.28. The number of fused-ring (bicyclic) bond motifs is 1. The molecule has 26 heavy (non-hydrogen) atoms. The lowest BCUT2D eigenvalue weighted by molar-refractivity contribution is 0.309. The summed E-state index contributed by atoms with van der Waals surface area (Å²) < 4.78 is 12.6. The van der Waals surface area contributed by atoms with Crippen LogP contribution in [0.2, 0.25) is 0 Å². The lowest BCUT2D eigenvalue weighted by Gasteiger charge is -2.12. The van der Waals surface area contributed by atoms with Gasteiger partial charge in [0.15, 0.2) is 23.0 Å². The minimum Gasteiger partial charge on any atom is -0.493 e. The van der Waals surface area contributed by atoms with Crippen molar-refractivity contribution in [3.63, 3.8) is 0 Å². The molecule has 0 aliphatic heterocycles. The molecular weight excluding hydrogens is 464 g/mol. The Morgan fingerprint density at radius 1 is 1.35 bits per heavy atom. The van der Waals surface area contributed by atoms with Crippen LogP contribution in [0, 0.1) is 11.3 Å². The van der Waals surface area contributed by atoms with Gasteiger partial charge in [-0.3, -0.25) is 0 Å². The summed E-state index contributed by atoms with van der Waals surface area (Å²) in [4.78, 5) is 11.7. The van der Waals surface area contributed by atoms with Gasteiger partial charge < -0.3 is 14.5 Å². The summed E-state index contributed by atoms with van der Waals surface area (Å²) in [5, 5.41) is 9.58. The van der Waals surface area contributed by atoms with Crippen molar-refractivity contribution < 1.29 is 9.47 Å². The van der Waals surface area contributed by atoms with Gasteiger partial charge in [0.05, 0.1) is 29.3 Å². The molecule has 0 aliphatic carbocycles. The number of hydrogen-bond acceptors (Lipinski definition) is 5. The number of halogens is 2. The van der Waals surface area contributed by atoms with Gasteiger partial charge in [0.1, 0.15) is 6.07 Å². The van der Waals surface area contributed by atoms with Crippen LogP contribution in [0.4, 0.5) is 0 Å². The molecule has 0 amide bonds. The monoisotopic (exact) mass is 476 g/mol. The van der Waals surface area contributed by atoms with Crippen molar-refractivity contribution in [3.8, 4) is 17.6 Å². The van der Waals surface area contributed by atoms with E-state index in [1.54, 1.807) is 19.4 Å². The van der Waals surface area contributed by atoms with Gasteiger partial charge >= 0.3 is 0 Å². The Morgan fingerprint density at radius 2 is 2.15 bits per heavy atom. The third-order valence-electron chi connectivity index (χ3n) is 3.53. The number of imidazole rings is 1. The maximum atomic E-state index is 9.58. The molecule has 0 atom stereocenters. The van der Waals surface area contributed by atoms with Crippen LogP contribution in [-0.2, 0) is 0 Å². The molecule has 0 saturated carbocycles. The van der Waals surface area contributed by atoms with Crippen LogP contribution < -0.4 is 9.47 Å². The molecule has 0 saturated heterocycles. The molecular formula is C18H14Br2N4O2. The zero-order chi connectivity index (χ0) is 18.7. The summed E-state index contributed by atoms with van der Waals surface area (Å²) in [6, 6.07) is 7.72. The fraction of sp³-hybridized carbons (Fsp3) is 0.167. The Morgan fingerprint density at radius 3 is 2.85 bits per heavy atom. The first-order chi connectivity index (χ1) is 12.5. The Balaban J connectivity index is 2.05. The van der Waals surface area contributed by atoms with Gasteiger partial charge in [-0.05, 0) is 68.6 Å². The predicted molar refractivity (Wildman–Crippen MR) is 107 cm³/mol. The van der Waals surface area contributed by atoms with Gasteiger partial charge in [-0.15, -0.1) is 0 Å². The summed E-state index contributed by atoms with van der Waals surface area (Å²) in [5.41, 5.74) is 2.47. The number of hydrogen-bond donors (Lipinski definition) is 1. The molecule has 0 fully saturated rings. The highest BCUT2D eigenvalue weighted by Crippen LogP contribution is 2.37. The van der Waals surface area contributed by atoms with E-state index in [9.17, 15) is 5.26 Å². The number of aromatic amines is 1. The number of allylic oxidation sites excluding steroid dienone is 1. The van der Waals surface area contributed by atoms with Gasteiger partial charge in [-0.1, -0.05) is 0 Å². The molecule has 0 aliphatic rings. The van der Waals surface area contributed by atoms with Gasteiger partial charge in [0.2, 0.25) is 0 Å². The summed E-state index contributed by atoms with van der Waals surface area (Å²) in [7, 11) is 1.58. The lowest BCUT2D eigenvalue weighted by atomic mass is 10.1. The number of rotatable bonds is 5. The van der Waals surface area contributed by atoms with E-state index < -0.39 is 0 Å². The Bertz CT molecular complexity index is 1040. The smallest absolute Gasteiger partial charge is 0.178 e. The summed E-state index contributed by atoms with van der Waals surface area (Å²) in [5.74, 6) is 1.67. The molecule has 1 N–H and O–H groups in total. The van der Waals surface area contributed by atoms with E-state index in [1.165, 1.54) is 0 Å². The third-order valence-corrected chi connectivity index (χ3v) is 4.55. The fourth-order valence-corrected chi connectivity index (χ4v) is 3.34. The number of nitriles is 1. The van der Waals surface area contributed by atoms with Crippen LogP contribution in [0.15, 0.2) is 33.3 Å². The molecule has 0 bridgehead atoms. The van der Waals surface area contributed by atoms with E-state index in [0.717, 1.165) is 20.0 Å². The third kappa shape index (κ3) is 3.74. The largest absolute Gasteiger partial charge is 0.493 e. The molecule has 0 radical (unpaired) electrons. The standard InChI is InChI=1S/C18H14Br2N4O2/c1-3-26-16-13(20)5-10(6-15(16)25-2)4-11(8-21)17-23-14-7-12(19)9-22-18(14)24-17/h4-7,9H,3H2,1-2H3,(H,22,23,24). The number of ether oxygens (including phenoxy) is 2. The van der Waals surface area contributed by atoms with Gasteiger partial charge in [0.25, 0.3) is 0 Å². The van der Waals surface area contributed by atoms with Crippen molar-refractivity contribution in [2.45, 2.75) is 6.92 Å². The molecule has 1 aromatic carbocycles. The second kappa shape index (κ2) is 7.89. The van der Waals surface area contributed by atoms with Crippen molar-refractivity contribution in [2.75, 3.05) is 13.7 Å². The minimum absolute atomic E-state index is 0.386. The molecule has 0 unspecified atom stereocenters. The van der Waals surface area contributed by atoms with Crippen LogP contribution in [0.1, 0.15) is 18.3 Å². The number of nitrogens with zero attached hydrogens (tertiary/aromatic N) is 3. The van der Waals surface area contributed by atoms with E-state index in [4.69, 9.17) is 9.47 Å². The maximum Gasteiger partial charge on any atom is 0.178 e. The van der Waals surface area contributed by atoms with E-state index in [1.807, 2.05) is 25.1 Å². The van der Waals surface area contributed by atoms with Crippen LogP contribution in [0.5, 0.6) is 11.5 Å². The predicted octanol–water partition coefficient (Wildman–Crippen LogP) is 4.95. The highest BCUT2D eigenvalue weighted by molar-refractivity contribution is 9.10. The van der Waals surface area contributed by atoms with Crippen LogP contribution in [0.3, 0.4) is 0 Å². The maximum absolute atomic E-state index is 9.58. The lowest BCUT2D eigenvalue weighted by Crippen LogP contribution is -1.97. The molecule has 2 aromatic heterocycles. The molecule has 8 heteroatoms. The van der Waals surface area contributed by atoms with Gasteiger partial charge in [-0.2, -0.15) is 5.26 Å². The van der Waals surface area contributed by atoms with Crippen molar-refractivity contribution in [1.82, 2.24) is 15.0 Å². The second-order valence-corrected chi connectivity index (χ2v) is 7.02. The number of methoxy groups -OCH3 is 1. The van der Waals surface area contributed by atoms with E-state index in [0.29, 0.717) is 35.2 Å². The Kier molecular flexibility index (Phi) is 5.59. The number of H-pyrrole nitrogens is 1. The number of aromatic nitrogens is 3. The zero-order valence-electron chi connectivity index (χ0n) is 14.0. The Labute approximate surface area is 167 Å². The average Bonchev–Trinajstić information content (AvgIpc) is 3.04. The van der Waals surface area contributed by atoms with E-state index >= 15 is 0 Å². The molecule has 0 spiro atoms. The van der Waals surface area contributed by atoms with Crippen LogP contribution in [-0.4, -0.2) is 28.7 Å². The quantitative estimate of drug-likeness (QED) is 0.525. The Hall–Kier alpha value is -2.37. The SMILES string of the molecule is CCOc1c(Br)cc(C=C(C#N)c2nc3ncc(Br)cc3[nH]2)cc1OC. The second-order valence-electron chi connectivity index (χ2n) is 5.25. The summed E-state index contributed by atoms with van der Waals surface area (Å²) in [6.07, 6.45) is 3.40. The van der Waals surface area contributed by atoms with Crippen LogP contribution >= 0.6 is 31.9 Å². The minimum atomic E-state index is 0.386. The van der Waals surface area contributed by atoms with Crippen LogP contribution in [0.25, 0.3) is 22.8 Å². The molecule has 3 rings (SSSR count). The molecule has 2 heterocycles. The summed E-state index contributed by atoms with van der Waals surface area (Å²) >= 11 is 6.86. The van der Waals surface area contributed by atoms with Crippen molar-refractivity contribution >= 4 is 54.7 Å². The zero-order valence-corrected chi connectivity index (χ0v) is 17.2. The van der Waals surface area contributed by atoms with E-state index in [2.05, 4.69) is 52.9 Å². The van der Waals surface area contributed by atoms with Gasteiger partial charge in [-0.25, -0.2) is 9.97 Å². The van der Waals surface area contributed by atoms with Crippen molar-refractivity contribution in [3.05, 3.63) is 44.7 Å². The van der Waals surface area contributed by atoms with Crippen molar-refractivity contribution in [1.29, 1.82) is 5.26 Å². The number of benzene rings is 1. The topological polar surface area (TPSA) is 83.8 Å². The fourth-order valence-electron chi connectivity index (χ4n) is 2.43. The highest BCUT2D eigenvalue weighted by atomic mass is 79.9. The highest BCUT2D eigenvalue weighted by Gasteiger charge is 2.13. The number of nitrogens with one attached hydrogen (secondary N) is 1. The molecule has 132 valence electrons. The number of pyridine rings is 1. The average molecular weight is 478 g/mol. The first kappa shape index (κ1) is 18.4. The van der Waals surface area contributed by atoms with Crippen molar-refractivity contribution in [2.24, 2.45) is 0 Å². The van der Waals surface area contributed by atoms with E-state index in [-0.39, 0.29) is 0 Å². The summed E-state index contributed by atoms with van der Waals surface area (Å²) in [6.45, 7) is 2.43. The molecule has 6 nitrogen and oxygen atoms in total. The normalized spacial score (nSPS) is 11.4. The molecule has 3 aromatic rings.